The zero-order valence-corrected chi connectivity index (χ0v) is 12.2. The van der Waals surface area contributed by atoms with Gasteiger partial charge in [0.1, 0.15) is 0 Å². The monoisotopic (exact) mass is 265 g/mol. The highest BCUT2D eigenvalue weighted by atomic mass is 32.2. The lowest BCUT2D eigenvalue weighted by Crippen LogP contribution is -2.32. The van der Waals surface area contributed by atoms with E-state index in [2.05, 4.69) is 48.3 Å². The third-order valence-electron chi connectivity index (χ3n) is 3.46. The van der Waals surface area contributed by atoms with Gasteiger partial charge < -0.3 is 10.1 Å². The SMILES string of the molecule is COCc1ccc(CNCC2(C)CCCS2)cc1. The average Bonchev–Trinajstić information content (AvgIpc) is 2.79. The Bertz CT molecular complexity index is 357. The Kier molecular flexibility index (Phi) is 5.10. The zero-order chi connectivity index (χ0) is 12.8. The second-order valence-corrected chi connectivity index (χ2v) is 6.94. The summed E-state index contributed by atoms with van der Waals surface area (Å²) in [5.74, 6) is 1.32. The summed E-state index contributed by atoms with van der Waals surface area (Å²) in [4.78, 5) is 0. The van der Waals surface area contributed by atoms with Gasteiger partial charge in [-0.3, -0.25) is 0 Å². The number of methoxy groups -OCH3 is 1. The minimum absolute atomic E-state index is 0.454. The molecular formula is C15H23NOS. The molecule has 1 aromatic carbocycles. The molecule has 0 amide bonds. The summed E-state index contributed by atoms with van der Waals surface area (Å²) in [6.07, 6.45) is 2.71. The van der Waals surface area contributed by atoms with Gasteiger partial charge in [0.15, 0.2) is 0 Å². The third-order valence-corrected chi connectivity index (χ3v) is 5.00. The van der Waals surface area contributed by atoms with Crippen molar-refractivity contribution in [1.82, 2.24) is 5.32 Å². The van der Waals surface area contributed by atoms with Crippen molar-refractivity contribution in [3.63, 3.8) is 0 Å². The minimum atomic E-state index is 0.454. The molecule has 1 N–H and O–H groups in total. The van der Waals surface area contributed by atoms with Crippen LogP contribution in [0.25, 0.3) is 0 Å². The number of benzene rings is 1. The number of hydrogen-bond acceptors (Lipinski definition) is 3. The van der Waals surface area contributed by atoms with Crippen molar-refractivity contribution in [1.29, 1.82) is 0 Å². The fourth-order valence-electron chi connectivity index (χ4n) is 2.37. The van der Waals surface area contributed by atoms with Crippen LogP contribution in [0.1, 0.15) is 30.9 Å². The Labute approximate surface area is 114 Å². The Hall–Kier alpha value is -0.510. The molecule has 1 saturated heterocycles. The lowest BCUT2D eigenvalue weighted by atomic mass is 10.1. The standard InChI is InChI=1S/C15H23NOS/c1-15(8-3-9-18-15)12-16-10-13-4-6-14(7-5-13)11-17-2/h4-7,16H,3,8-12H2,1-2H3. The molecule has 0 saturated carbocycles. The Balaban J connectivity index is 1.76. The van der Waals surface area contributed by atoms with Crippen LogP contribution in [-0.2, 0) is 17.9 Å². The van der Waals surface area contributed by atoms with Crippen LogP contribution in [0.15, 0.2) is 24.3 Å². The van der Waals surface area contributed by atoms with Gasteiger partial charge in [0, 0.05) is 24.9 Å². The lowest BCUT2D eigenvalue weighted by Gasteiger charge is -2.23. The van der Waals surface area contributed by atoms with E-state index in [0.717, 1.165) is 13.1 Å². The molecule has 0 spiro atoms. The summed E-state index contributed by atoms with van der Waals surface area (Å²) in [6.45, 7) is 5.14. The fraction of sp³-hybridized carbons (Fsp3) is 0.600. The van der Waals surface area contributed by atoms with Crippen LogP contribution in [0.2, 0.25) is 0 Å². The third kappa shape index (κ3) is 4.01. The predicted octanol–water partition coefficient (Wildman–Crippen LogP) is 3.21. The zero-order valence-electron chi connectivity index (χ0n) is 11.4. The van der Waals surface area contributed by atoms with Gasteiger partial charge in [-0.1, -0.05) is 24.3 Å². The van der Waals surface area contributed by atoms with Gasteiger partial charge in [-0.25, -0.2) is 0 Å². The number of thioether (sulfide) groups is 1. The van der Waals surface area contributed by atoms with Gasteiger partial charge in [0.05, 0.1) is 6.61 Å². The van der Waals surface area contributed by atoms with Crippen LogP contribution in [0.4, 0.5) is 0 Å². The maximum absolute atomic E-state index is 5.11. The van der Waals surface area contributed by atoms with Crippen LogP contribution in [0, 0.1) is 0 Å². The molecule has 0 radical (unpaired) electrons. The van der Waals surface area contributed by atoms with Crippen LogP contribution < -0.4 is 5.32 Å². The van der Waals surface area contributed by atoms with Crippen LogP contribution in [0.3, 0.4) is 0 Å². The highest BCUT2D eigenvalue weighted by molar-refractivity contribution is 8.00. The van der Waals surface area contributed by atoms with Gasteiger partial charge in [0.25, 0.3) is 0 Å². The number of rotatable bonds is 6. The van der Waals surface area contributed by atoms with E-state index in [1.54, 1.807) is 7.11 Å². The van der Waals surface area contributed by atoms with E-state index in [1.807, 2.05) is 0 Å². The first-order chi connectivity index (χ1) is 8.72. The molecule has 0 aliphatic carbocycles. The van der Waals surface area contributed by atoms with Gasteiger partial charge in [0.2, 0.25) is 0 Å². The molecule has 1 unspecified atom stereocenters. The summed E-state index contributed by atoms with van der Waals surface area (Å²) in [5, 5.41) is 3.58. The smallest absolute Gasteiger partial charge is 0.0713 e. The highest BCUT2D eigenvalue weighted by Gasteiger charge is 2.28. The second-order valence-electron chi connectivity index (χ2n) is 5.25. The van der Waals surface area contributed by atoms with Crippen molar-refractivity contribution in [3.8, 4) is 0 Å². The predicted molar refractivity (Wildman–Crippen MR) is 79.0 cm³/mol. The Morgan fingerprint density at radius 2 is 2.00 bits per heavy atom. The topological polar surface area (TPSA) is 21.3 Å². The molecule has 1 aliphatic rings. The van der Waals surface area contributed by atoms with E-state index in [9.17, 15) is 0 Å². The van der Waals surface area contributed by atoms with Gasteiger partial charge >= 0.3 is 0 Å². The first kappa shape index (κ1) is 13.9. The molecule has 1 atom stereocenters. The fourth-order valence-corrected chi connectivity index (χ4v) is 3.64. The molecule has 1 aromatic rings. The summed E-state index contributed by atoms with van der Waals surface area (Å²) < 4.78 is 5.57. The first-order valence-electron chi connectivity index (χ1n) is 6.63. The van der Waals surface area contributed by atoms with E-state index in [4.69, 9.17) is 4.74 Å². The molecule has 2 rings (SSSR count). The summed E-state index contributed by atoms with van der Waals surface area (Å²) >= 11 is 2.11. The Morgan fingerprint density at radius 1 is 1.28 bits per heavy atom. The molecule has 0 bridgehead atoms. The normalized spacial score (nSPS) is 23.4. The van der Waals surface area contributed by atoms with E-state index in [-0.39, 0.29) is 0 Å². The highest BCUT2D eigenvalue weighted by Crippen LogP contribution is 2.36. The molecule has 18 heavy (non-hydrogen) atoms. The molecule has 100 valence electrons. The van der Waals surface area contributed by atoms with Crippen molar-refractivity contribution >= 4 is 11.8 Å². The first-order valence-corrected chi connectivity index (χ1v) is 7.62. The van der Waals surface area contributed by atoms with Crippen molar-refractivity contribution in [2.24, 2.45) is 0 Å². The van der Waals surface area contributed by atoms with Crippen molar-refractivity contribution in [3.05, 3.63) is 35.4 Å². The van der Waals surface area contributed by atoms with Gasteiger partial charge in [-0.2, -0.15) is 11.8 Å². The van der Waals surface area contributed by atoms with Crippen molar-refractivity contribution < 1.29 is 4.74 Å². The van der Waals surface area contributed by atoms with Crippen molar-refractivity contribution in [2.75, 3.05) is 19.4 Å². The lowest BCUT2D eigenvalue weighted by molar-refractivity contribution is 0.185. The van der Waals surface area contributed by atoms with E-state index in [1.165, 1.54) is 29.7 Å². The number of ether oxygens (including phenoxy) is 1. The van der Waals surface area contributed by atoms with Crippen molar-refractivity contribution in [2.45, 2.75) is 37.7 Å². The summed E-state index contributed by atoms with van der Waals surface area (Å²) in [7, 11) is 1.73. The molecule has 3 heteroatoms. The molecule has 1 aliphatic heterocycles. The molecule has 1 fully saturated rings. The molecule has 0 aromatic heterocycles. The average molecular weight is 265 g/mol. The van der Waals surface area contributed by atoms with Crippen LogP contribution in [-0.4, -0.2) is 24.2 Å². The van der Waals surface area contributed by atoms with Gasteiger partial charge in [-0.15, -0.1) is 0 Å². The summed E-state index contributed by atoms with van der Waals surface area (Å²) in [5.41, 5.74) is 2.58. The maximum Gasteiger partial charge on any atom is 0.0713 e. The number of nitrogens with one attached hydrogen (secondary N) is 1. The maximum atomic E-state index is 5.11. The quantitative estimate of drug-likeness (QED) is 0.853. The van der Waals surface area contributed by atoms with E-state index in [0.29, 0.717) is 11.4 Å². The second kappa shape index (κ2) is 6.60. The van der Waals surface area contributed by atoms with Crippen LogP contribution >= 0.6 is 11.8 Å². The molecule has 2 nitrogen and oxygen atoms in total. The molecular weight excluding hydrogens is 242 g/mol. The Morgan fingerprint density at radius 3 is 2.61 bits per heavy atom. The van der Waals surface area contributed by atoms with Crippen LogP contribution in [0.5, 0.6) is 0 Å². The largest absolute Gasteiger partial charge is 0.380 e. The minimum Gasteiger partial charge on any atom is -0.380 e. The van der Waals surface area contributed by atoms with Gasteiger partial charge in [-0.05, 0) is 36.6 Å². The van der Waals surface area contributed by atoms with E-state index >= 15 is 0 Å². The number of hydrogen-bond donors (Lipinski definition) is 1. The van der Waals surface area contributed by atoms with E-state index < -0.39 is 0 Å². The summed E-state index contributed by atoms with van der Waals surface area (Å²) in [6, 6.07) is 8.66. The molecule has 1 heterocycles.